The molecule has 19 heavy (non-hydrogen) atoms. The molecule has 0 amide bonds. The van der Waals surface area contributed by atoms with E-state index in [0.29, 0.717) is 25.9 Å². The van der Waals surface area contributed by atoms with E-state index < -0.39 is 5.97 Å². The molecule has 2 aromatic rings. The van der Waals surface area contributed by atoms with Gasteiger partial charge in [-0.1, -0.05) is 46.6 Å². The lowest BCUT2D eigenvalue weighted by Crippen LogP contribution is -2.03. The van der Waals surface area contributed by atoms with Crippen LogP contribution < -0.4 is 0 Å². The number of hydrogen-bond donors (Lipinski definition) is 1. The first kappa shape index (κ1) is 14.4. The number of hydrogen-bond acceptors (Lipinski definition) is 5. The third kappa shape index (κ3) is 3.30. The van der Waals surface area contributed by atoms with E-state index in [1.54, 1.807) is 0 Å². The van der Waals surface area contributed by atoms with Crippen molar-refractivity contribution >= 4 is 52.5 Å². The average Bonchev–Trinajstić information content (AvgIpc) is 2.79. The number of thioether (sulfide) groups is 1. The zero-order valence-electron chi connectivity index (χ0n) is 9.05. The maximum Gasteiger partial charge on any atom is 0.313 e. The molecule has 1 aromatic heterocycles. The molecule has 0 bridgehead atoms. The Morgan fingerprint density at radius 2 is 1.95 bits per heavy atom. The van der Waals surface area contributed by atoms with Gasteiger partial charge in [0.2, 0.25) is 5.16 Å². The van der Waals surface area contributed by atoms with Gasteiger partial charge in [-0.25, -0.2) is 0 Å². The standard InChI is InChI=1S/C9H5Cl3N4O2S/c10-4-1-6(12)7(2-5(4)11)16-9(13-14-15-16)19-3-8(17)18/h1-2H,3H2,(H,17,18). The Morgan fingerprint density at radius 1 is 1.26 bits per heavy atom. The number of aliphatic carboxylic acids is 1. The molecular weight excluding hydrogens is 335 g/mol. The molecule has 0 spiro atoms. The lowest BCUT2D eigenvalue weighted by molar-refractivity contribution is -0.133. The number of rotatable bonds is 4. The van der Waals surface area contributed by atoms with Crippen LogP contribution in [0.3, 0.4) is 0 Å². The molecule has 0 fully saturated rings. The van der Waals surface area contributed by atoms with Gasteiger partial charge in [0, 0.05) is 0 Å². The molecule has 0 radical (unpaired) electrons. The van der Waals surface area contributed by atoms with Gasteiger partial charge in [-0.15, -0.1) is 5.10 Å². The third-order valence-corrected chi connectivity index (χ3v) is 3.91. The second kappa shape index (κ2) is 5.96. The molecule has 0 aliphatic rings. The van der Waals surface area contributed by atoms with Gasteiger partial charge in [0.05, 0.1) is 26.5 Å². The van der Waals surface area contributed by atoms with Crippen molar-refractivity contribution in [3.05, 3.63) is 27.2 Å². The molecule has 6 nitrogen and oxygen atoms in total. The summed E-state index contributed by atoms with van der Waals surface area (Å²) in [5.41, 5.74) is 0.425. The number of benzene rings is 1. The van der Waals surface area contributed by atoms with Crippen LogP contribution in [0.2, 0.25) is 15.1 Å². The first-order chi connectivity index (χ1) is 8.99. The maximum absolute atomic E-state index is 10.5. The molecular formula is C9H5Cl3N4O2S. The zero-order chi connectivity index (χ0) is 14.0. The Balaban J connectivity index is 2.40. The largest absolute Gasteiger partial charge is 0.481 e. The van der Waals surface area contributed by atoms with E-state index in [1.807, 2.05) is 0 Å². The highest BCUT2D eigenvalue weighted by atomic mass is 35.5. The van der Waals surface area contributed by atoms with Crippen LogP contribution in [0.15, 0.2) is 17.3 Å². The number of halogens is 3. The van der Waals surface area contributed by atoms with Crippen LogP contribution in [0.1, 0.15) is 0 Å². The number of carboxylic acids is 1. The Hall–Kier alpha value is -1.02. The molecule has 0 saturated carbocycles. The summed E-state index contributed by atoms with van der Waals surface area (Å²) < 4.78 is 1.30. The van der Waals surface area contributed by atoms with E-state index in [4.69, 9.17) is 39.9 Å². The van der Waals surface area contributed by atoms with Crippen LogP contribution in [0.4, 0.5) is 0 Å². The lowest BCUT2D eigenvalue weighted by Gasteiger charge is -2.07. The van der Waals surface area contributed by atoms with Gasteiger partial charge in [0.25, 0.3) is 0 Å². The van der Waals surface area contributed by atoms with E-state index in [-0.39, 0.29) is 5.75 Å². The van der Waals surface area contributed by atoms with Crippen LogP contribution in [0, 0.1) is 0 Å². The van der Waals surface area contributed by atoms with Crippen molar-refractivity contribution in [2.45, 2.75) is 5.16 Å². The fourth-order valence-electron chi connectivity index (χ4n) is 1.22. The molecule has 1 aromatic carbocycles. The molecule has 100 valence electrons. The lowest BCUT2D eigenvalue weighted by atomic mass is 10.3. The zero-order valence-corrected chi connectivity index (χ0v) is 12.1. The molecule has 0 aliphatic carbocycles. The minimum atomic E-state index is -0.972. The SMILES string of the molecule is O=C(O)CSc1nnnn1-c1cc(Cl)c(Cl)cc1Cl. The first-order valence-corrected chi connectivity index (χ1v) is 6.89. The summed E-state index contributed by atoms with van der Waals surface area (Å²) in [4.78, 5) is 10.5. The van der Waals surface area contributed by atoms with Crippen LogP contribution in [0.5, 0.6) is 0 Å². The van der Waals surface area contributed by atoms with Gasteiger partial charge < -0.3 is 5.11 Å². The summed E-state index contributed by atoms with van der Waals surface area (Å²) in [6.07, 6.45) is 0. The normalized spacial score (nSPS) is 10.7. The molecule has 0 unspecified atom stereocenters. The molecule has 1 N–H and O–H groups in total. The molecule has 2 rings (SSSR count). The molecule has 10 heteroatoms. The summed E-state index contributed by atoms with van der Waals surface area (Å²) in [7, 11) is 0. The van der Waals surface area contributed by atoms with Crippen molar-refractivity contribution in [1.82, 2.24) is 20.2 Å². The highest BCUT2D eigenvalue weighted by Crippen LogP contribution is 2.32. The number of aromatic nitrogens is 4. The fourth-order valence-corrected chi connectivity index (χ4v) is 2.45. The number of carboxylic acid groups (broad SMARTS) is 1. The van der Waals surface area contributed by atoms with E-state index in [1.165, 1.54) is 16.8 Å². The average molecular weight is 340 g/mol. The fraction of sp³-hybridized carbons (Fsp3) is 0.111. The van der Waals surface area contributed by atoms with E-state index in [9.17, 15) is 4.79 Å². The summed E-state index contributed by atoms with van der Waals surface area (Å²) in [5.74, 6) is -1.14. The number of tetrazole rings is 1. The smallest absolute Gasteiger partial charge is 0.313 e. The number of nitrogens with zero attached hydrogens (tertiary/aromatic N) is 4. The van der Waals surface area contributed by atoms with Crippen LogP contribution in [-0.4, -0.2) is 37.0 Å². The highest BCUT2D eigenvalue weighted by Gasteiger charge is 2.15. The van der Waals surface area contributed by atoms with Crippen LogP contribution in [-0.2, 0) is 4.79 Å². The van der Waals surface area contributed by atoms with Crippen LogP contribution >= 0.6 is 46.6 Å². The van der Waals surface area contributed by atoms with Gasteiger partial charge in [-0.05, 0) is 22.6 Å². The summed E-state index contributed by atoms with van der Waals surface area (Å²) >= 11 is 18.7. The third-order valence-electron chi connectivity index (χ3n) is 1.98. The van der Waals surface area contributed by atoms with Crippen molar-refractivity contribution in [1.29, 1.82) is 0 Å². The summed E-state index contributed by atoms with van der Waals surface area (Å²) in [6.45, 7) is 0. The van der Waals surface area contributed by atoms with E-state index in [2.05, 4.69) is 15.5 Å². The monoisotopic (exact) mass is 338 g/mol. The minimum absolute atomic E-state index is 0.167. The van der Waals surface area contributed by atoms with Crippen molar-refractivity contribution in [2.75, 3.05) is 5.75 Å². The van der Waals surface area contributed by atoms with Crippen LogP contribution in [0.25, 0.3) is 5.69 Å². The van der Waals surface area contributed by atoms with Gasteiger partial charge in [0.1, 0.15) is 0 Å². The van der Waals surface area contributed by atoms with Gasteiger partial charge >= 0.3 is 5.97 Å². The quantitative estimate of drug-likeness (QED) is 0.681. The van der Waals surface area contributed by atoms with Crippen molar-refractivity contribution < 1.29 is 9.90 Å². The molecule has 1 heterocycles. The Labute approximate surface area is 126 Å². The van der Waals surface area contributed by atoms with E-state index in [0.717, 1.165) is 11.8 Å². The van der Waals surface area contributed by atoms with Crippen molar-refractivity contribution in [3.63, 3.8) is 0 Å². The van der Waals surface area contributed by atoms with Crippen molar-refractivity contribution in [3.8, 4) is 5.69 Å². The van der Waals surface area contributed by atoms with Gasteiger partial charge in [-0.3, -0.25) is 4.79 Å². The van der Waals surface area contributed by atoms with Gasteiger partial charge in [-0.2, -0.15) is 4.68 Å². The Kier molecular flexibility index (Phi) is 4.51. The Morgan fingerprint density at radius 3 is 2.63 bits per heavy atom. The first-order valence-electron chi connectivity index (χ1n) is 4.77. The predicted molar refractivity (Wildman–Crippen MR) is 72.5 cm³/mol. The van der Waals surface area contributed by atoms with E-state index >= 15 is 0 Å². The maximum atomic E-state index is 10.5. The second-order valence-corrected chi connectivity index (χ2v) is 5.44. The molecule has 0 atom stereocenters. The summed E-state index contributed by atoms with van der Waals surface area (Å²) in [5, 5.41) is 20.8. The Bertz CT molecular complexity index is 634. The predicted octanol–water partition coefficient (Wildman–Crippen LogP) is 2.80. The van der Waals surface area contributed by atoms with Crippen molar-refractivity contribution in [2.24, 2.45) is 0 Å². The number of carbonyl (C=O) groups is 1. The minimum Gasteiger partial charge on any atom is -0.481 e. The second-order valence-electron chi connectivity index (χ2n) is 3.27. The molecule has 0 saturated heterocycles. The van der Waals surface area contributed by atoms with Gasteiger partial charge in [0.15, 0.2) is 0 Å². The molecule has 0 aliphatic heterocycles. The highest BCUT2D eigenvalue weighted by molar-refractivity contribution is 7.99. The summed E-state index contributed by atoms with van der Waals surface area (Å²) in [6, 6.07) is 2.97. The topological polar surface area (TPSA) is 80.9 Å².